The van der Waals surface area contributed by atoms with Crippen molar-refractivity contribution in [1.29, 1.82) is 0 Å². The van der Waals surface area contributed by atoms with Gasteiger partial charge in [0.05, 0.1) is 18.4 Å². The Morgan fingerprint density at radius 3 is 2.86 bits per heavy atom. The molecule has 0 fully saturated rings. The average molecular weight is 291 g/mol. The fraction of sp³-hybridized carbons (Fsp3) is 0.333. The number of nitrogens with one attached hydrogen (secondary N) is 2. The zero-order valence-electron chi connectivity index (χ0n) is 12.2. The molecular formula is C15H18FN3O2. The van der Waals surface area contributed by atoms with Gasteiger partial charge < -0.3 is 15.0 Å². The predicted octanol–water partition coefficient (Wildman–Crippen LogP) is 3.24. The largest absolute Gasteiger partial charge is 0.444 e. The van der Waals surface area contributed by atoms with Crippen molar-refractivity contribution in [3.63, 3.8) is 0 Å². The summed E-state index contributed by atoms with van der Waals surface area (Å²) in [5, 5.41) is 2.60. The molecule has 5 nitrogen and oxygen atoms in total. The van der Waals surface area contributed by atoms with Gasteiger partial charge in [0.25, 0.3) is 0 Å². The normalized spacial score (nSPS) is 11.2. The first-order valence-electron chi connectivity index (χ1n) is 6.60. The number of ether oxygens (including phenoxy) is 1. The Balaban J connectivity index is 1.96. The smallest absolute Gasteiger partial charge is 0.408 e. The fourth-order valence-corrected chi connectivity index (χ4v) is 1.73. The monoisotopic (exact) mass is 291 g/mol. The number of halogens is 1. The van der Waals surface area contributed by atoms with E-state index in [1.54, 1.807) is 39.1 Å². The highest BCUT2D eigenvalue weighted by Gasteiger charge is 2.16. The van der Waals surface area contributed by atoms with Gasteiger partial charge in [0.2, 0.25) is 0 Å². The number of H-pyrrole nitrogens is 1. The first kappa shape index (κ1) is 15.0. The van der Waals surface area contributed by atoms with Crippen LogP contribution in [0.4, 0.5) is 9.18 Å². The zero-order valence-corrected chi connectivity index (χ0v) is 12.2. The number of benzene rings is 1. The fourth-order valence-electron chi connectivity index (χ4n) is 1.73. The number of aromatic nitrogens is 2. The Morgan fingerprint density at radius 1 is 1.43 bits per heavy atom. The van der Waals surface area contributed by atoms with Crippen LogP contribution in [0.25, 0.3) is 11.3 Å². The molecule has 0 saturated carbocycles. The highest BCUT2D eigenvalue weighted by Crippen LogP contribution is 2.17. The number of aromatic amines is 1. The van der Waals surface area contributed by atoms with Gasteiger partial charge in [0.1, 0.15) is 17.2 Å². The Kier molecular flexibility index (Phi) is 4.26. The molecule has 1 aromatic heterocycles. The van der Waals surface area contributed by atoms with E-state index >= 15 is 0 Å². The van der Waals surface area contributed by atoms with Crippen molar-refractivity contribution >= 4 is 6.09 Å². The van der Waals surface area contributed by atoms with E-state index in [9.17, 15) is 9.18 Å². The highest BCUT2D eigenvalue weighted by molar-refractivity contribution is 5.67. The van der Waals surface area contributed by atoms with Crippen LogP contribution in [0.2, 0.25) is 0 Å². The van der Waals surface area contributed by atoms with E-state index in [1.165, 1.54) is 12.1 Å². The van der Waals surface area contributed by atoms with E-state index in [1.807, 2.05) is 0 Å². The lowest BCUT2D eigenvalue weighted by Gasteiger charge is -2.19. The molecule has 0 aliphatic heterocycles. The molecular weight excluding hydrogens is 273 g/mol. The molecule has 0 aliphatic carbocycles. The minimum absolute atomic E-state index is 0.213. The standard InChI is InChI=1S/C15H18FN3O2/c1-15(2,3)21-14(20)18-9-13-17-8-12(19-13)10-5-4-6-11(16)7-10/h4-8H,9H2,1-3H3,(H,17,19)(H,18,20). The van der Waals surface area contributed by atoms with Crippen LogP contribution in [0.3, 0.4) is 0 Å². The number of imidazole rings is 1. The van der Waals surface area contributed by atoms with Crippen molar-refractivity contribution < 1.29 is 13.9 Å². The summed E-state index contributed by atoms with van der Waals surface area (Å²) in [4.78, 5) is 18.7. The number of hydrogen-bond acceptors (Lipinski definition) is 3. The van der Waals surface area contributed by atoms with Crippen LogP contribution in [0, 0.1) is 5.82 Å². The van der Waals surface area contributed by atoms with Gasteiger partial charge in [-0.15, -0.1) is 0 Å². The molecule has 1 amide bonds. The molecule has 0 radical (unpaired) electrons. The summed E-state index contributed by atoms with van der Waals surface area (Å²) in [6, 6.07) is 6.20. The minimum Gasteiger partial charge on any atom is -0.444 e. The lowest BCUT2D eigenvalue weighted by atomic mass is 10.2. The first-order chi connectivity index (χ1) is 9.83. The molecule has 1 aromatic carbocycles. The lowest BCUT2D eigenvalue weighted by Crippen LogP contribution is -2.32. The van der Waals surface area contributed by atoms with Crippen LogP contribution in [-0.2, 0) is 11.3 Å². The second-order valence-electron chi connectivity index (χ2n) is 5.61. The van der Waals surface area contributed by atoms with Crippen molar-refractivity contribution in [2.45, 2.75) is 32.9 Å². The molecule has 0 unspecified atom stereocenters. The number of carbonyl (C=O) groups excluding carboxylic acids is 1. The molecule has 21 heavy (non-hydrogen) atoms. The van der Waals surface area contributed by atoms with E-state index in [2.05, 4.69) is 15.3 Å². The van der Waals surface area contributed by atoms with E-state index in [-0.39, 0.29) is 12.4 Å². The number of hydrogen-bond donors (Lipinski definition) is 2. The van der Waals surface area contributed by atoms with Gasteiger partial charge in [-0.2, -0.15) is 0 Å². The average Bonchev–Trinajstić information content (AvgIpc) is 2.83. The molecule has 0 aliphatic rings. The van der Waals surface area contributed by atoms with Crippen LogP contribution in [0.1, 0.15) is 26.6 Å². The number of alkyl carbamates (subject to hydrolysis) is 1. The predicted molar refractivity (Wildman–Crippen MR) is 77.1 cm³/mol. The van der Waals surface area contributed by atoms with Gasteiger partial charge in [-0.1, -0.05) is 12.1 Å². The van der Waals surface area contributed by atoms with Crippen molar-refractivity contribution in [3.8, 4) is 11.3 Å². The zero-order chi connectivity index (χ0) is 15.5. The van der Waals surface area contributed by atoms with Crippen molar-refractivity contribution in [2.75, 3.05) is 0 Å². The molecule has 2 N–H and O–H groups in total. The highest BCUT2D eigenvalue weighted by atomic mass is 19.1. The van der Waals surface area contributed by atoms with Crippen molar-refractivity contribution in [3.05, 3.63) is 42.1 Å². The lowest BCUT2D eigenvalue weighted by molar-refractivity contribution is 0.0522. The Morgan fingerprint density at radius 2 is 2.19 bits per heavy atom. The van der Waals surface area contributed by atoms with Crippen LogP contribution < -0.4 is 5.32 Å². The van der Waals surface area contributed by atoms with Crippen LogP contribution >= 0.6 is 0 Å². The van der Waals surface area contributed by atoms with Crippen LogP contribution in [0.5, 0.6) is 0 Å². The van der Waals surface area contributed by atoms with Gasteiger partial charge in [0, 0.05) is 5.56 Å². The molecule has 1 heterocycles. The SMILES string of the molecule is CC(C)(C)OC(=O)NCc1ncc(-c2cccc(F)c2)[nH]1. The summed E-state index contributed by atoms with van der Waals surface area (Å²) >= 11 is 0. The number of nitrogens with zero attached hydrogens (tertiary/aromatic N) is 1. The van der Waals surface area contributed by atoms with Gasteiger partial charge in [-0.3, -0.25) is 0 Å². The Bertz CT molecular complexity index is 632. The third kappa shape index (κ3) is 4.59. The minimum atomic E-state index is -0.542. The molecule has 2 rings (SSSR count). The van der Waals surface area contributed by atoms with Crippen LogP contribution in [-0.4, -0.2) is 21.7 Å². The van der Waals surface area contributed by atoms with Crippen LogP contribution in [0.15, 0.2) is 30.5 Å². The van der Waals surface area contributed by atoms with Gasteiger partial charge in [0.15, 0.2) is 0 Å². The van der Waals surface area contributed by atoms with E-state index < -0.39 is 11.7 Å². The molecule has 0 atom stereocenters. The summed E-state index contributed by atoms with van der Waals surface area (Å²) in [6.07, 6.45) is 1.09. The van der Waals surface area contributed by atoms with Gasteiger partial charge in [-0.05, 0) is 32.9 Å². The topological polar surface area (TPSA) is 67.0 Å². The Hall–Kier alpha value is -2.37. The first-order valence-corrected chi connectivity index (χ1v) is 6.60. The third-order valence-corrected chi connectivity index (χ3v) is 2.56. The van der Waals surface area contributed by atoms with E-state index in [0.717, 1.165) is 0 Å². The summed E-state index contributed by atoms with van der Waals surface area (Å²) < 4.78 is 18.3. The summed E-state index contributed by atoms with van der Waals surface area (Å²) in [7, 11) is 0. The van der Waals surface area contributed by atoms with Crippen molar-refractivity contribution in [2.24, 2.45) is 0 Å². The molecule has 6 heteroatoms. The summed E-state index contributed by atoms with van der Waals surface area (Å²) in [5.74, 6) is 0.260. The molecule has 2 aromatic rings. The number of carbonyl (C=O) groups is 1. The summed E-state index contributed by atoms with van der Waals surface area (Å²) in [6.45, 7) is 5.59. The van der Waals surface area contributed by atoms with Crippen molar-refractivity contribution in [1.82, 2.24) is 15.3 Å². The summed E-state index contributed by atoms with van der Waals surface area (Å²) in [5.41, 5.74) is 0.849. The second-order valence-corrected chi connectivity index (χ2v) is 5.61. The maximum absolute atomic E-state index is 13.2. The Labute approximate surface area is 122 Å². The number of rotatable bonds is 3. The van der Waals surface area contributed by atoms with Gasteiger partial charge >= 0.3 is 6.09 Å². The quantitative estimate of drug-likeness (QED) is 0.912. The molecule has 0 bridgehead atoms. The molecule has 0 spiro atoms. The maximum atomic E-state index is 13.2. The maximum Gasteiger partial charge on any atom is 0.408 e. The van der Waals surface area contributed by atoms with E-state index in [0.29, 0.717) is 17.1 Å². The molecule has 112 valence electrons. The second kappa shape index (κ2) is 5.95. The van der Waals surface area contributed by atoms with Gasteiger partial charge in [-0.25, -0.2) is 14.2 Å². The molecule has 0 saturated heterocycles. The number of amides is 1. The third-order valence-electron chi connectivity index (χ3n) is 2.56. The van der Waals surface area contributed by atoms with E-state index in [4.69, 9.17) is 4.74 Å².